The second kappa shape index (κ2) is 5.29. The van der Waals surface area contributed by atoms with Gasteiger partial charge in [-0.2, -0.15) is 0 Å². The molecular weight excluding hydrogens is 226 g/mol. The van der Waals surface area contributed by atoms with Gasteiger partial charge in [0.1, 0.15) is 0 Å². The molecule has 0 saturated carbocycles. The molecule has 1 heterocycles. The van der Waals surface area contributed by atoms with E-state index in [4.69, 9.17) is 0 Å². The summed E-state index contributed by atoms with van der Waals surface area (Å²) >= 11 is 0. The minimum atomic E-state index is -0.622. The molecule has 1 aromatic carbocycles. The first-order valence-electron chi connectivity index (χ1n) is 6.78. The van der Waals surface area contributed by atoms with Crippen LogP contribution >= 0.6 is 0 Å². The number of aliphatic hydroxyl groups is 2. The van der Waals surface area contributed by atoms with Crippen molar-refractivity contribution in [3.05, 3.63) is 29.8 Å². The predicted octanol–water partition coefficient (Wildman–Crippen LogP) is 2.48. The minimum Gasteiger partial charge on any atom is -0.388 e. The first kappa shape index (κ1) is 13.4. The molecule has 1 fully saturated rings. The standard InChI is InChI=1S/C15H23NO2/c1-3-14(17)12-7-4-5-8-13(12)16-10-6-9-15(2,18)11-16/h4-5,7-8,14,17-18H,3,6,9-11H2,1-2H3/t14-,15?/m0/s1. The van der Waals surface area contributed by atoms with E-state index in [-0.39, 0.29) is 0 Å². The Balaban J connectivity index is 2.27. The van der Waals surface area contributed by atoms with Crippen LogP contribution in [0.1, 0.15) is 44.8 Å². The number of aliphatic hydroxyl groups excluding tert-OH is 1. The Kier molecular flexibility index (Phi) is 3.93. The minimum absolute atomic E-state index is 0.423. The highest BCUT2D eigenvalue weighted by Gasteiger charge is 2.29. The van der Waals surface area contributed by atoms with Gasteiger partial charge in [-0.25, -0.2) is 0 Å². The normalized spacial score (nSPS) is 26.1. The average Bonchev–Trinajstić information content (AvgIpc) is 2.36. The molecule has 0 aliphatic carbocycles. The molecule has 1 aliphatic rings. The van der Waals surface area contributed by atoms with Gasteiger partial charge in [0.05, 0.1) is 11.7 Å². The Hall–Kier alpha value is -1.06. The predicted molar refractivity (Wildman–Crippen MR) is 73.8 cm³/mol. The lowest BCUT2D eigenvalue weighted by molar-refractivity contribution is 0.0447. The van der Waals surface area contributed by atoms with E-state index in [9.17, 15) is 10.2 Å². The highest BCUT2D eigenvalue weighted by atomic mass is 16.3. The second-order valence-electron chi connectivity index (χ2n) is 5.50. The number of rotatable bonds is 3. The van der Waals surface area contributed by atoms with Gasteiger partial charge in [-0.05, 0) is 32.3 Å². The van der Waals surface area contributed by atoms with Gasteiger partial charge in [-0.15, -0.1) is 0 Å². The number of benzene rings is 1. The molecule has 2 N–H and O–H groups in total. The Morgan fingerprint density at radius 3 is 2.78 bits per heavy atom. The molecule has 1 unspecified atom stereocenters. The smallest absolute Gasteiger partial charge is 0.0807 e. The zero-order valence-corrected chi connectivity index (χ0v) is 11.3. The van der Waals surface area contributed by atoms with Crippen LogP contribution in [-0.4, -0.2) is 28.9 Å². The molecule has 3 heteroatoms. The van der Waals surface area contributed by atoms with Crippen LogP contribution in [0.15, 0.2) is 24.3 Å². The number of para-hydroxylation sites is 1. The van der Waals surface area contributed by atoms with Crippen molar-refractivity contribution in [3.63, 3.8) is 0 Å². The maximum absolute atomic E-state index is 10.2. The lowest BCUT2D eigenvalue weighted by Crippen LogP contribution is -2.46. The number of hydrogen-bond acceptors (Lipinski definition) is 3. The molecule has 2 atom stereocenters. The molecular formula is C15H23NO2. The van der Waals surface area contributed by atoms with Gasteiger partial charge in [-0.1, -0.05) is 25.1 Å². The van der Waals surface area contributed by atoms with E-state index < -0.39 is 11.7 Å². The van der Waals surface area contributed by atoms with Crippen LogP contribution in [0.25, 0.3) is 0 Å². The molecule has 1 saturated heterocycles. The van der Waals surface area contributed by atoms with Gasteiger partial charge in [-0.3, -0.25) is 0 Å². The van der Waals surface area contributed by atoms with Crippen molar-refractivity contribution < 1.29 is 10.2 Å². The quantitative estimate of drug-likeness (QED) is 0.865. The van der Waals surface area contributed by atoms with Crippen LogP contribution in [0.5, 0.6) is 0 Å². The highest BCUT2D eigenvalue weighted by Crippen LogP contribution is 2.32. The summed E-state index contributed by atoms with van der Waals surface area (Å²) in [6.07, 6.45) is 2.13. The van der Waals surface area contributed by atoms with Crippen LogP contribution in [0.4, 0.5) is 5.69 Å². The average molecular weight is 249 g/mol. The van der Waals surface area contributed by atoms with Crippen molar-refractivity contribution in [2.24, 2.45) is 0 Å². The van der Waals surface area contributed by atoms with Gasteiger partial charge in [0.25, 0.3) is 0 Å². The molecule has 0 spiro atoms. The molecule has 1 aliphatic heterocycles. The summed E-state index contributed by atoms with van der Waals surface area (Å²) < 4.78 is 0. The SMILES string of the molecule is CC[C@H](O)c1ccccc1N1CCCC(C)(O)C1. The summed E-state index contributed by atoms with van der Waals surface area (Å²) in [7, 11) is 0. The fourth-order valence-electron chi connectivity index (χ4n) is 2.70. The Labute approximate surface area is 109 Å². The molecule has 100 valence electrons. The molecule has 0 radical (unpaired) electrons. The topological polar surface area (TPSA) is 43.7 Å². The molecule has 0 bridgehead atoms. The lowest BCUT2D eigenvalue weighted by atomic mass is 9.93. The Morgan fingerprint density at radius 2 is 2.11 bits per heavy atom. The first-order valence-corrected chi connectivity index (χ1v) is 6.78. The van der Waals surface area contributed by atoms with Gasteiger partial charge in [0, 0.05) is 24.3 Å². The van der Waals surface area contributed by atoms with Gasteiger partial charge >= 0.3 is 0 Å². The molecule has 3 nitrogen and oxygen atoms in total. The second-order valence-corrected chi connectivity index (χ2v) is 5.50. The third-order valence-corrected chi connectivity index (χ3v) is 3.70. The van der Waals surface area contributed by atoms with E-state index in [0.717, 1.165) is 30.6 Å². The van der Waals surface area contributed by atoms with E-state index in [0.29, 0.717) is 13.0 Å². The largest absolute Gasteiger partial charge is 0.388 e. The first-order chi connectivity index (χ1) is 8.53. The van der Waals surface area contributed by atoms with E-state index in [1.807, 2.05) is 38.1 Å². The van der Waals surface area contributed by atoms with Crippen LogP contribution in [0.3, 0.4) is 0 Å². The third-order valence-electron chi connectivity index (χ3n) is 3.70. The van der Waals surface area contributed by atoms with Crippen molar-refractivity contribution in [2.75, 3.05) is 18.0 Å². The summed E-state index contributed by atoms with van der Waals surface area (Å²) in [5.41, 5.74) is 1.41. The number of hydrogen-bond donors (Lipinski definition) is 2. The monoisotopic (exact) mass is 249 g/mol. The number of nitrogens with zero attached hydrogens (tertiary/aromatic N) is 1. The maximum Gasteiger partial charge on any atom is 0.0807 e. The van der Waals surface area contributed by atoms with Crippen molar-refractivity contribution >= 4 is 5.69 Å². The number of piperidine rings is 1. The molecule has 2 rings (SSSR count). The maximum atomic E-state index is 10.2. The molecule has 18 heavy (non-hydrogen) atoms. The van der Waals surface area contributed by atoms with Crippen LogP contribution < -0.4 is 4.90 Å². The van der Waals surface area contributed by atoms with Crippen molar-refractivity contribution in [1.29, 1.82) is 0 Å². The third kappa shape index (κ3) is 2.85. The highest BCUT2D eigenvalue weighted by molar-refractivity contribution is 5.55. The van der Waals surface area contributed by atoms with Crippen LogP contribution in [0, 0.1) is 0 Å². The summed E-state index contributed by atoms with van der Waals surface area (Å²) in [5, 5.41) is 20.3. The van der Waals surface area contributed by atoms with Crippen molar-refractivity contribution in [3.8, 4) is 0 Å². The van der Waals surface area contributed by atoms with Gasteiger partial charge in [0.2, 0.25) is 0 Å². The fourth-order valence-corrected chi connectivity index (χ4v) is 2.70. The van der Waals surface area contributed by atoms with E-state index in [2.05, 4.69) is 4.90 Å². The Bertz CT molecular complexity index is 403. The summed E-state index contributed by atoms with van der Waals surface area (Å²) in [6.45, 7) is 5.45. The summed E-state index contributed by atoms with van der Waals surface area (Å²) in [6, 6.07) is 7.97. The van der Waals surface area contributed by atoms with Crippen molar-refractivity contribution in [1.82, 2.24) is 0 Å². The van der Waals surface area contributed by atoms with Crippen molar-refractivity contribution in [2.45, 2.75) is 44.8 Å². The summed E-state index contributed by atoms with van der Waals surface area (Å²) in [4.78, 5) is 2.19. The zero-order valence-electron chi connectivity index (χ0n) is 11.3. The molecule has 0 aromatic heterocycles. The summed E-state index contributed by atoms with van der Waals surface area (Å²) in [5.74, 6) is 0. The zero-order chi connectivity index (χ0) is 13.2. The Morgan fingerprint density at radius 1 is 1.39 bits per heavy atom. The molecule has 1 aromatic rings. The molecule has 0 amide bonds. The van der Waals surface area contributed by atoms with E-state index in [1.54, 1.807) is 0 Å². The van der Waals surface area contributed by atoms with Gasteiger partial charge in [0.15, 0.2) is 0 Å². The van der Waals surface area contributed by atoms with E-state index in [1.165, 1.54) is 0 Å². The fraction of sp³-hybridized carbons (Fsp3) is 0.600. The van der Waals surface area contributed by atoms with Crippen LogP contribution in [0.2, 0.25) is 0 Å². The number of anilines is 1. The van der Waals surface area contributed by atoms with E-state index >= 15 is 0 Å². The van der Waals surface area contributed by atoms with Gasteiger partial charge < -0.3 is 15.1 Å². The van der Waals surface area contributed by atoms with Crippen LogP contribution in [-0.2, 0) is 0 Å². The number of β-amino-alcohol motifs (C(OH)–C–C–N with tert-alkyl or cyclic N) is 1. The lowest BCUT2D eigenvalue weighted by Gasteiger charge is -2.39.